The first-order valence-electron chi connectivity index (χ1n) is 6.33. The Labute approximate surface area is 141 Å². The van der Waals surface area contributed by atoms with Crippen molar-refractivity contribution in [3.8, 4) is 0 Å². The van der Waals surface area contributed by atoms with Gasteiger partial charge in [-0.3, -0.25) is 4.79 Å². The van der Waals surface area contributed by atoms with E-state index in [2.05, 4.69) is 15.5 Å². The van der Waals surface area contributed by atoms with Crippen molar-refractivity contribution in [1.29, 1.82) is 0 Å². The maximum absolute atomic E-state index is 13.5. The van der Waals surface area contributed by atoms with Crippen LogP contribution in [0.4, 0.5) is 10.1 Å². The molecule has 2 rings (SSSR count). The predicted molar refractivity (Wildman–Crippen MR) is 88.5 cm³/mol. The molecule has 1 amide bonds. The first-order valence-corrected chi connectivity index (χ1v) is 6.71. The van der Waals surface area contributed by atoms with E-state index in [0.717, 1.165) is 26.2 Å². The molecule has 0 bridgehead atoms. The van der Waals surface area contributed by atoms with Crippen LogP contribution < -0.4 is 10.6 Å². The van der Waals surface area contributed by atoms with Crippen LogP contribution in [0.1, 0.15) is 6.42 Å². The summed E-state index contributed by atoms with van der Waals surface area (Å²) in [6.45, 7) is 4.49. The summed E-state index contributed by atoms with van der Waals surface area (Å²) in [4.78, 5) is 14.0. The lowest BCUT2D eigenvalue weighted by atomic mass is 10.2. The van der Waals surface area contributed by atoms with Gasteiger partial charge in [-0.15, -0.1) is 24.8 Å². The van der Waals surface area contributed by atoms with Crippen molar-refractivity contribution in [2.45, 2.75) is 6.42 Å². The molecule has 8 heteroatoms. The predicted octanol–water partition coefficient (Wildman–Crippen LogP) is 2.56. The van der Waals surface area contributed by atoms with Crippen LogP contribution in [0.25, 0.3) is 0 Å². The topological polar surface area (TPSA) is 44.4 Å². The number of carbonyl (C=O) groups excluding carboxylic acids is 1. The van der Waals surface area contributed by atoms with Crippen LogP contribution in [-0.2, 0) is 4.79 Å². The number of benzene rings is 1. The molecule has 1 heterocycles. The van der Waals surface area contributed by atoms with Gasteiger partial charge in [-0.05, 0) is 18.2 Å². The summed E-state index contributed by atoms with van der Waals surface area (Å²) in [5.41, 5.74) is 0.176. The van der Waals surface area contributed by atoms with E-state index in [9.17, 15) is 9.18 Å². The first kappa shape index (κ1) is 20.4. The summed E-state index contributed by atoms with van der Waals surface area (Å²) in [5.74, 6) is -0.692. The first-order chi connectivity index (χ1) is 9.15. The Morgan fingerprint density at radius 1 is 1.33 bits per heavy atom. The summed E-state index contributed by atoms with van der Waals surface area (Å²) < 4.78 is 13.5. The van der Waals surface area contributed by atoms with Crippen molar-refractivity contribution in [1.82, 2.24) is 10.2 Å². The Bertz CT molecular complexity index is 456. The maximum Gasteiger partial charge on any atom is 0.225 e. The van der Waals surface area contributed by atoms with Crippen molar-refractivity contribution >= 4 is 48.0 Å². The number of hydrogen-bond donors (Lipinski definition) is 2. The Kier molecular flexibility index (Phi) is 9.90. The second-order valence-corrected chi connectivity index (χ2v) is 4.95. The van der Waals surface area contributed by atoms with Gasteiger partial charge in [-0.25, -0.2) is 4.39 Å². The van der Waals surface area contributed by atoms with E-state index in [1.54, 1.807) is 6.07 Å². The molecule has 21 heavy (non-hydrogen) atoms. The maximum atomic E-state index is 13.5. The van der Waals surface area contributed by atoms with Crippen molar-refractivity contribution in [2.75, 3.05) is 38.0 Å². The third kappa shape index (κ3) is 6.80. The molecule has 120 valence electrons. The molecule has 1 aliphatic rings. The fourth-order valence-electron chi connectivity index (χ4n) is 2.00. The lowest BCUT2D eigenvalue weighted by Gasteiger charge is -2.26. The second-order valence-electron chi connectivity index (χ2n) is 4.51. The van der Waals surface area contributed by atoms with Crippen LogP contribution in [0.15, 0.2) is 18.2 Å². The molecule has 0 aliphatic carbocycles. The smallest absolute Gasteiger partial charge is 0.225 e. The van der Waals surface area contributed by atoms with Gasteiger partial charge >= 0.3 is 0 Å². The van der Waals surface area contributed by atoms with E-state index in [0.29, 0.717) is 18.0 Å². The number of carbonyl (C=O) groups is 1. The third-order valence-corrected chi connectivity index (χ3v) is 3.31. The highest BCUT2D eigenvalue weighted by Gasteiger charge is 2.12. The number of amides is 1. The van der Waals surface area contributed by atoms with Crippen LogP contribution >= 0.6 is 36.4 Å². The van der Waals surface area contributed by atoms with Gasteiger partial charge in [-0.2, -0.15) is 0 Å². The molecular formula is C13H19Cl3FN3O. The molecule has 4 nitrogen and oxygen atoms in total. The van der Waals surface area contributed by atoms with Crippen LogP contribution in [0.2, 0.25) is 5.02 Å². The van der Waals surface area contributed by atoms with Crippen LogP contribution in [-0.4, -0.2) is 43.5 Å². The fourth-order valence-corrected chi connectivity index (χ4v) is 2.16. The number of hydrogen-bond acceptors (Lipinski definition) is 3. The largest absolute Gasteiger partial charge is 0.324 e. The summed E-state index contributed by atoms with van der Waals surface area (Å²) in [6.07, 6.45) is 0.363. The van der Waals surface area contributed by atoms with E-state index < -0.39 is 5.82 Å². The van der Waals surface area contributed by atoms with E-state index in [1.165, 1.54) is 12.1 Å². The molecule has 1 saturated heterocycles. The number of rotatable bonds is 4. The number of anilines is 1. The summed E-state index contributed by atoms with van der Waals surface area (Å²) in [7, 11) is 0. The third-order valence-electron chi connectivity index (χ3n) is 3.07. The molecule has 0 aromatic heterocycles. The fraction of sp³-hybridized carbons (Fsp3) is 0.462. The van der Waals surface area contributed by atoms with Crippen LogP contribution in [0.3, 0.4) is 0 Å². The molecule has 1 aromatic carbocycles. The molecule has 2 N–H and O–H groups in total. The molecule has 1 fully saturated rings. The number of nitrogens with one attached hydrogen (secondary N) is 2. The summed E-state index contributed by atoms with van der Waals surface area (Å²) in [6, 6.07) is 4.21. The van der Waals surface area contributed by atoms with Crippen molar-refractivity contribution in [3.63, 3.8) is 0 Å². The van der Waals surface area contributed by atoms with E-state index >= 15 is 0 Å². The minimum absolute atomic E-state index is 0. The molecule has 0 radical (unpaired) electrons. The van der Waals surface area contributed by atoms with Gasteiger partial charge in [0.25, 0.3) is 0 Å². The van der Waals surface area contributed by atoms with Gasteiger partial charge in [0.05, 0.1) is 5.69 Å². The van der Waals surface area contributed by atoms with Crippen molar-refractivity contribution in [2.24, 2.45) is 0 Å². The minimum Gasteiger partial charge on any atom is -0.324 e. The van der Waals surface area contributed by atoms with E-state index in [1.807, 2.05) is 0 Å². The molecule has 0 unspecified atom stereocenters. The molecule has 1 aromatic rings. The summed E-state index contributed by atoms with van der Waals surface area (Å²) in [5, 5.41) is 6.13. The minimum atomic E-state index is -0.511. The second kappa shape index (κ2) is 10.2. The lowest BCUT2D eigenvalue weighted by Crippen LogP contribution is -2.44. The Balaban J connectivity index is 0.00000200. The zero-order valence-electron chi connectivity index (χ0n) is 11.4. The van der Waals surface area contributed by atoms with Gasteiger partial charge in [-0.1, -0.05) is 11.6 Å². The normalized spacial score (nSPS) is 14.8. The zero-order valence-corrected chi connectivity index (χ0v) is 13.8. The van der Waals surface area contributed by atoms with Gasteiger partial charge in [0.15, 0.2) is 0 Å². The Morgan fingerprint density at radius 2 is 2.00 bits per heavy atom. The Morgan fingerprint density at radius 3 is 2.62 bits per heavy atom. The highest BCUT2D eigenvalue weighted by molar-refractivity contribution is 6.30. The van der Waals surface area contributed by atoms with Gasteiger partial charge in [0.1, 0.15) is 5.82 Å². The molecule has 0 saturated carbocycles. The van der Waals surface area contributed by atoms with Crippen molar-refractivity contribution < 1.29 is 9.18 Å². The monoisotopic (exact) mass is 357 g/mol. The molecule has 1 aliphatic heterocycles. The lowest BCUT2D eigenvalue weighted by molar-refractivity contribution is -0.116. The summed E-state index contributed by atoms with van der Waals surface area (Å²) >= 11 is 5.65. The van der Waals surface area contributed by atoms with Crippen LogP contribution in [0.5, 0.6) is 0 Å². The molecule has 0 spiro atoms. The number of halogens is 4. The SMILES string of the molecule is Cl.Cl.O=C(CCN1CCNCC1)Nc1ccc(Cl)cc1F. The average molecular weight is 359 g/mol. The van der Waals surface area contributed by atoms with E-state index in [4.69, 9.17) is 11.6 Å². The average Bonchev–Trinajstić information content (AvgIpc) is 2.41. The Hall–Kier alpha value is -0.590. The van der Waals surface area contributed by atoms with Gasteiger partial charge in [0.2, 0.25) is 5.91 Å². The number of nitrogens with zero attached hydrogens (tertiary/aromatic N) is 1. The highest BCUT2D eigenvalue weighted by atomic mass is 35.5. The molecule has 0 atom stereocenters. The van der Waals surface area contributed by atoms with Gasteiger partial charge in [0, 0.05) is 44.2 Å². The number of piperazine rings is 1. The standard InChI is InChI=1S/C13H17ClFN3O.2ClH/c14-10-1-2-12(11(15)9-10)17-13(19)3-6-18-7-4-16-5-8-18;;/h1-2,9,16H,3-8H2,(H,17,19);2*1H. The van der Waals surface area contributed by atoms with Crippen molar-refractivity contribution in [3.05, 3.63) is 29.0 Å². The van der Waals surface area contributed by atoms with Crippen LogP contribution in [0, 0.1) is 5.82 Å². The molecular weight excluding hydrogens is 340 g/mol. The van der Waals surface area contributed by atoms with Gasteiger partial charge < -0.3 is 15.5 Å². The highest BCUT2D eigenvalue weighted by Crippen LogP contribution is 2.18. The van der Waals surface area contributed by atoms with E-state index in [-0.39, 0.29) is 36.4 Å². The zero-order chi connectivity index (χ0) is 13.7. The quantitative estimate of drug-likeness (QED) is 0.869.